The Bertz CT molecular complexity index is 1680. The highest BCUT2D eigenvalue weighted by molar-refractivity contribution is 7.07. The molecule has 10 nitrogen and oxygen atoms in total. The Balaban J connectivity index is 1.86. The van der Waals surface area contributed by atoms with E-state index in [2.05, 4.69) is 4.99 Å². The van der Waals surface area contributed by atoms with Crippen LogP contribution in [0.1, 0.15) is 51.8 Å². The van der Waals surface area contributed by atoms with Crippen LogP contribution in [-0.4, -0.2) is 35.7 Å². The number of carbonyl (C=O) groups is 3. The molecular formula is C29H28N2O8S. The Morgan fingerprint density at radius 3 is 2.30 bits per heavy atom. The third-order valence-electron chi connectivity index (χ3n) is 5.79. The van der Waals surface area contributed by atoms with Crippen molar-refractivity contribution < 1.29 is 33.3 Å². The summed E-state index contributed by atoms with van der Waals surface area (Å²) in [5.41, 5.74) is 1.59. The molecule has 0 fully saturated rings. The van der Waals surface area contributed by atoms with Crippen LogP contribution in [0.2, 0.25) is 0 Å². The fourth-order valence-electron chi connectivity index (χ4n) is 4.26. The first kappa shape index (κ1) is 28.5. The van der Waals surface area contributed by atoms with Crippen LogP contribution in [0.15, 0.2) is 63.5 Å². The molecule has 0 saturated heterocycles. The van der Waals surface area contributed by atoms with Gasteiger partial charge in [-0.3, -0.25) is 19.0 Å². The number of fused-ring (bicyclic) bond motifs is 1. The third kappa shape index (κ3) is 6.04. The number of rotatable bonds is 8. The number of esters is 3. The van der Waals surface area contributed by atoms with E-state index in [0.717, 1.165) is 0 Å². The van der Waals surface area contributed by atoms with Crippen molar-refractivity contribution in [2.75, 3.05) is 13.2 Å². The zero-order valence-electron chi connectivity index (χ0n) is 22.7. The Hall–Kier alpha value is -4.51. The van der Waals surface area contributed by atoms with Crippen molar-refractivity contribution in [3.8, 4) is 17.2 Å². The first-order valence-corrected chi connectivity index (χ1v) is 13.4. The molecule has 0 radical (unpaired) electrons. The normalized spacial score (nSPS) is 14.7. The molecular weight excluding hydrogens is 536 g/mol. The predicted molar refractivity (Wildman–Crippen MR) is 147 cm³/mol. The molecule has 1 aliphatic rings. The Morgan fingerprint density at radius 2 is 1.68 bits per heavy atom. The summed E-state index contributed by atoms with van der Waals surface area (Å²) in [5, 5.41) is 0. The monoisotopic (exact) mass is 564 g/mol. The number of allylic oxidation sites excluding steroid dienone is 1. The fourth-order valence-corrected chi connectivity index (χ4v) is 5.31. The van der Waals surface area contributed by atoms with Gasteiger partial charge in [-0.2, -0.15) is 0 Å². The van der Waals surface area contributed by atoms with E-state index in [0.29, 0.717) is 44.3 Å². The minimum Gasteiger partial charge on any atom is -0.490 e. The van der Waals surface area contributed by atoms with Crippen molar-refractivity contribution in [1.29, 1.82) is 0 Å². The van der Waals surface area contributed by atoms with Crippen molar-refractivity contribution in [3.05, 3.63) is 84.5 Å². The Morgan fingerprint density at radius 1 is 0.975 bits per heavy atom. The smallest absolute Gasteiger partial charge is 0.338 e. The topological polar surface area (TPSA) is 122 Å². The van der Waals surface area contributed by atoms with Crippen LogP contribution >= 0.6 is 11.3 Å². The highest BCUT2D eigenvalue weighted by Gasteiger charge is 2.33. The molecule has 0 spiro atoms. The third-order valence-corrected chi connectivity index (χ3v) is 6.78. The number of nitrogens with zero attached hydrogens (tertiary/aromatic N) is 2. The van der Waals surface area contributed by atoms with Gasteiger partial charge in [0.25, 0.3) is 5.56 Å². The second-order valence-corrected chi connectivity index (χ2v) is 9.71. The molecule has 208 valence electrons. The molecule has 1 aromatic heterocycles. The molecule has 1 unspecified atom stereocenters. The van der Waals surface area contributed by atoms with Crippen LogP contribution in [-0.2, 0) is 19.1 Å². The Labute approximate surface area is 233 Å². The standard InChI is InChI=1S/C29H28N2O8S/c1-6-36-23-14-19(8-13-22(23)39-18(5)33)15-24-27(34)31-26(20-9-11-21(12-10-20)38-17(4)32)25(28(35)37-7-2)16(3)30-29(31)40-24/h8-15,26H,6-7H2,1-5H3/b24-15-. The summed E-state index contributed by atoms with van der Waals surface area (Å²) in [6, 6.07) is 10.8. The van der Waals surface area contributed by atoms with Gasteiger partial charge in [0.05, 0.1) is 35.1 Å². The van der Waals surface area contributed by atoms with Gasteiger partial charge in [0.1, 0.15) is 5.75 Å². The van der Waals surface area contributed by atoms with Gasteiger partial charge in [0.2, 0.25) is 0 Å². The van der Waals surface area contributed by atoms with E-state index >= 15 is 0 Å². The average Bonchev–Trinajstić information content (AvgIpc) is 3.19. The van der Waals surface area contributed by atoms with Gasteiger partial charge in [-0.25, -0.2) is 9.79 Å². The van der Waals surface area contributed by atoms with E-state index in [1.807, 2.05) is 6.92 Å². The molecule has 0 saturated carbocycles. The molecule has 1 aliphatic heterocycles. The van der Waals surface area contributed by atoms with Gasteiger partial charge in [-0.15, -0.1) is 0 Å². The Kier molecular flexibility index (Phi) is 8.64. The van der Waals surface area contributed by atoms with E-state index in [9.17, 15) is 19.2 Å². The SMILES string of the molecule is CCOC(=O)C1=C(C)N=c2s/c(=C\c3ccc(OC(C)=O)c(OCC)c3)c(=O)n2C1c1ccc(OC(C)=O)cc1. The number of benzene rings is 2. The largest absolute Gasteiger partial charge is 0.490 e. The molecule has 0 N–H and O–H groups in total. The molecule has 40 heavy (non-hydrogen) atoms. The van der Waals surface area contributed by atoms with Gasteiger partial charge >= 0.3 is 17.9 Å². The van der Waals surface area contributed by atoms with E-state index in [4.69, 9.17) is 18.9 Å². The molecule has 3 aromatic rings. The van der Waals surface area contributed by atoms with E-state index < -0.39 is 23.9 Å². The number of thiazole rings is 1. The summed E-state index contributed by atoms with van der Waals surface area (Å²) < 4.78 is 23.1. The summed E-state index contributed by atoms with van der Waals surface area (Å²) in [5.74, 6) is -0.531. The number of carbonyl (C=O) groups excluding carboxylic acids is 3. The van der Waals surface area contributed by atoms with Crippen molar-refractivity contribution in [1.82, 2.24) is 4.57 Å². The first-order valence-electron chi connectivity index (χ1n) is 12.6. The van der Waals surface area contributed by atoms with E-state index in [1.165, 1.54) is 29.8 Å². The van der Waals surface area contributed by atoms with Crippen molar-refractivity contribution in [2.24, 2.45) is 4.99 Å². The number of ether oxygens (including phenoxy) is 4. The van der Waals surface area contributed by atoms with Crippen LogP contribution < -0.4 is 29.1 Å². The van der Waals surface area contributed by atoms with Crippen LogP contribution in [0, 0.1) is 0 Å². The van der Waals surface area contributed by atoms with Crippen molar-refractivity contribution >= 4 is 35.3 Å². The highest BCUT2D eigenvalue weighted by atomic mass is 32.1. The van der Waals surface area contributed by atoms with Crippen LogP contribution in [0.4, 0.5) is 0 Å². The molecule has 0 aliphatic carbocycles. The lowest BCUT2D eigenvalue weighted by atomic mass is 9.96. The molecule has 4 rings (SSSR count). The zero-order chi connectivity index (χ0) is 29.0. The summed E-state index contributed by atoms with van der Waals surface area (Å²) in [7, 11) is 0. The van der Waals surface area contributed by atoms with Gasteiger partial charge < -0.3 is 18.9 Å². The second kappa shape index (κ2) is 12.1. The number of hydrogen-bond acceptors (Lipinski definition) is 10. The highest BCUT2D eigenvalue weighted by Crippen LogP contribution is 2.32. The lowest BCUT2D eigenvalue weighted by molar-refractivity contribution is -0.139. The van der Waals surface area contributed by atoms with Crippen LogP contribution in [0.3, 0.4) is 0 Å². The van der Waals surface area contributed by atoms with Crippen LogP contribution in [0.25, 0.3) is 6.08 Å². The minimum absolute atomic E-state index is 0.156. The maximum absolute atomic E-state index is 13.8. The minimum atomic E-state index is -0.811. The fraction of sp³-hybridized carbons (Fsp3) is 0.276. The van der Waals surface area contributed by atoms with Crippen LogP contribution in [0.5, 0.6) is 17.2 Å². The first-order chi connectivity index (χ1) is 19.1. The van der Waals surface area contributed by atoms with Gasteiger partial charge in [-0.05, 0) is 62.2 Å². The predicted octanol–water partition coefficient (Wildman–Crippen LogP) is 3.05. The summed E-state index contributed by atoms with van der Waals surface area (Å²) >= 11 is 1.18. The molecule has 1 atom stereocenters. The summed E-state index contributed by atoms with van der Waals surface area (Å²) in [6.07, 6.45) is 1.69. The van der Waals surface area contributed by atoms with Crippen molar-refractivity contribution in [2.45, 2.75) is 40.7 Å². The van der Waals surface area contributed by atoms with Crippen molar-refractivity contribution in [3.63, 3.8) is 0 Å². The summed E-state index contributed by atoms with van der Waals surface area (Å²) in [4.78, 5) is 54.7. The molecule has 0 amide bonds. The lowest BCUT2D eigenvalue weighted by Crippen LogP contribution is -2.39. The lowest BCUT2D eigenvalue weighted by Gasteiger charge is -2.24. The number of aromatic nitrogens is 1. The van der Waals surface area contributed by atoms with Gasteiger partial charge in [-0.1, -0.05) is 29.5 Å². The second-order valence-electron chi connectivity index (χ2n) is 8.70. The zero-order valence-corrected chi connectivity index (χ0v) is 23.5. The van der Waals surface area contributed by atoms with E-state index in [1.54, 1.807) is 62.4 Å². The maximum Gasteiger partial charge on any atom is 0.338 e. The van der Waals surface area contributed by atoms with Gasteiger partial charge in [0, 0.05) is 13.8 Å². The quantitative estimate of drug-likeness (QED) is 0.302. The maximum atomic E-state index is 13.8. The van der Waals surface area contributed by atoms with Gasteiger partial charge in [0.15, 0.2) is 16.3 Å². The molecule has 2 heterocycles. The molecule has 0 bridgehead atoms. The number of hydrogen-bond donors (Lipinski definition) is 0. The summed E-state index contributed by atoms with van der Waals surface area (Å²) in [6.45, 7) is 8.33. The molecule has 2 aromatic carbocycles. The molecule has 11 heteroatoms. The average molecular weight is 565 g/mol. The van der Waals surface area contributed by atoms with E-state index in [-0.39, 0.29) is 23.5 Å².